The van der Waals surface area contributed by atoms with Crippen molar-refractivity contribution in [3.63, 3.8) is 0 Å². The molecule has 0 radical (unpaired) electrons. The molecule has 2 fully saturated rings. The molecule has 1 amide bonds. The number of amides is 1. The van der Waals surface area contributed by atoms with Crippen LogP contribution in [0.5, 0.6) is 11.5 Å². The molecule has 48 heavy (non-hydrogen) atoms. The van der Waals surface area contributed by atoms with E-state index >= 15 is 0 Å². The lowest BCUT2D eigenvalue weighted by atomic mass is 9.56. The molecule has 1 saturated carbocycles. The third-order valence-corrected chi connectivity index (χ3v) is 11.2. The highest BCUT2D eigenvalue weighted by Gasteiger charge is 2.63. The fraction of sp³-hybridized carbons (Fsp3) is 0.676. The molecular weight excluding hydrogens is 632 g/mol. The van der Waals surface area contributed by atoms with Crippen LogP contribution in [0, 0.1) is 17.8 Å². The predicted octanol–water partition coefficient (Wildman–Crippen LogP) is 6.71. The summed E-state index contributed by atoms with van der Waals surface area (Å²) in [5.74, 6) is 1.08. The highest BCUT2D eigenvalue weighted by molar-refractivity contribution is 8.00. The molecule has 5 rings (SSSR count). The van der Waals surface area contributed by atoms with E-state index < -0.39 is 11.9 Å². The van der Waals surface area contributed by atoms with Crippen molar-refractivity contribution >= 4 is 23.6 Å². The molecule has 1 aromatic carbocycles. The van der Waals surface area contributed by atoms with E-state index in [1.165, 1.54) is 0 Å². The Bertz CT molecular complexity index is 1280. The number of hydrogen-bond donors (Lipinski definition) is 3. The maximum atomic E-state index is 12.5. The minimum atomic E-state index is -1.01. The maximum absolute atomic E-state index is 12.5. The molecule has 7 atom stereocenters. The second-order valence-electron chi connectivity index (χ2n) is 13.0. The summed E-state index contributed by atoms with van der Waals surface area (Å²) in [6, 6.07) is 5.65. The lowest BCUT2D eigenvalue weighted by Gasteiger charge is -2.58. The molecular formula is C37H54N2O8S. The largest absolute Gasteiger partial charge is 0.460 e. The van der Waals surface area contributed by atoms with Crippen LogP contribution in [-0.4, -0.2) is 78.1 Å². The van der Waals surface area contributed by atoms with Crippen LogP contribution in [0.1, 0.15) is 89.5 Å². The molecule has 266 valence electrons. The molecule has 10 nitrogen and oxygen atoms in total. The van der Waals surface area contributed by atoms with E-state index in [1.54, 1.807) is 23.9 Å². The Labute approximate surface area is 289 Å². The first-order valence-corrected chi connectivity index (χ1v) is 19.0. The summed E-state index contributed by atoms with van der Waals surface area (Å²) in [7, 11) is 0. The van der Waals surface area contributed by atoms with E-state index in [9.17, 15) is 15.0 Å². The zero-order chi connectivity index (χ0) is 33.9. The Balaban J connectivity index is 1.68. The second-order valence-corrected chi connectivity index (χ2v) is 14.5. The van der Waals surface area contributed by atoms with Crippen LogP contribution in [0.4, 0.5) is 4.79 Å². The third kappa shape index (κ3) is 8.24. The molecule has 3 N–H and O–H groups in total. The number of nitrogens with zero attached hydrogens (tertiary/aromatic N) is 1. The SMILES string of the molecule is C=CCOC12Oc3ccc(OC(=O)NCC)cc3C3C(CCCCO)C(CCCCO)C=C(C(=NOC4CCCCO4)CC1SCC)C32. The topological polar surface area (TPSA) is 128 Å². The molecule has 7 unspecified atom stereocenters. The van der Waals surface area contributed by atoms with Gasteiger partial charge in [0.2, 0.25) is 12.1 Å². The molecule has 0 bridgehead atoms. The minimum absolute atomic E-state index is 0.0643. The number of ether oxygens (including phenoxy) is 4. The van der Waals surface area contributed by atoms with Crippen molar-refractivity contribution in [3.05, 3.63) is 48.1 Å². The van der Waals surface area contributed by atoms with Gasteiger partial charge >= 0.3 is 6.09 Å². The van der Waals surface area contributed by atoms with E-state index in [2.05, 4.69) is 24.9 Å². The van der Waals surface area contributed by atoms with Crippen molar-refractivity contribution in [1.29, 1.82) is 0 Å². The van der Waals surface area contributed by atoms with E-state index in [-0.39, 0.29) is 48.4 Å². The number of oxime groups is 1. The smallest absolute Gasteiger partial charge is 0.412 e. The lowest BCUT2D eigenvalue weighted by molar-refractivity contribution is -0.223. The number of fused-ring (bicyclic) bond motifs is 2. The Morgan fingerprint density at radius 2 is 1.98 bits per heavy atom. The van der Waals surface area contributed by atoms with E-state index in [1.807, 2.05) is 19.1 Å². The lowest BCUT2D eigenvalue weighted by Crippen LogP contribution is -2.64. The fourth-order valence-corrected chi connectivity index (χ4v) is 9.12. The second kappa shape index (κ2) is 17.9. The molecule has 2 aliphatic carbocycles. The number of thioether (sulfide) groups is 1. The molecule has 4 aliphatic rings. The van der Waals surface area contributed by atoms with Crippen molar-refractivity contribution < 1.29 is 38.8 Å². The summed E-state index contributed by atoms with van der Waals surface area (Å²) in [6.45, 7) is 9.72. The van der Waals surface area contributed by atoms with Gasteiger partial charge in [0.25, 0.3) is 0 Å². The van der Waals surface area contributed by atoms with Gasteiger partial charge in [-0.2, -0.15) is 11.8 Å². The summed E-state index contributed by atoms with van der Waals surface area (Å²) in [4.78, 5) is 18.6. The number of nitrogens with one attached hydrogen (secondary N) is 1. The summed E-state index contributed by atoms with van der Waals surface area (Å²) in [5, 5.41) is 26.9. The van der Waals surface area contributed by atoms with Gasteiger partial charge in [0, 0.05) is 44.1 Å². The number of carbonyl (C=O) groups is 1. The number of aliphatic hydroxyl groups excluding tert-OH is 2. The molecule has 0 aromatic heterocycles. The van der Waals surface area contributed by atoms with Crippen LogP contribution >= 0.6 is 11.8 Å². The predicted molar refractivity (Wildman–Crippen MR) is 187 cm³/mol. The zero-order valence-electron chi connectivity index (χ0n) is 28.6. The van der Waals surface area contributed by atoms with Gasteiger partial charge in [-0.25, -0.2) is 4.79 Å². The Hall–Kier alpha value is -2.57. The Kier molecular flexibility index (Phi) is 13.7. The van der Waals surface area contributed by atoms with Crippen LogP contribution in [0.3, 0.4) is 0 Å². The van der Waals surface area contributed by atoms with Crippen molar-refractivity contribution in [2.75, 3.05) is 38.7 Å². The van der Waals surface area contributed by atoms with Crippen LogP contribution in [-0.2, 0) is 14.3 Å². The van der Waals surface area contributed by atoms with Gasteiger partial charge in [0.1, 0.15) is 11.5 Å². The van der Waals surface area contributed by atoms with Crippen molar-refractivity contribution in [3.8, 4) is 11.5 Å². The van der Waals surface area contributed by atoms with Crippen LogP contribution in [0.2, 0.25) is 0 Å². The first kappa shape index (κ1) is 36.7. The molecule has 1 saturated heterocycles. The minimum Gasteiger partial charge on any atom is -0.460 e. The van der Waals surface area contributed by atoms with E-state index in [0.29, 0.717) is 38.3 Å². The highest BCUT2D eigenvalue weighted by atomic mass is 32.2. The number of unbranched alkanes of at least 4 members (excludes halogenated alkanes) is 2. The van der Waals surface area contributed by atoms with Crippen molar-refractivity contribution in [2.24, 2.45) is 22.9 Å². The van der Waals surface area contributed by atoms with Gasteiger partial charge in [0.05, 0.1) is 30.1 Å². The molecule has 0 spiro atoms. The van der Waals surface area contributed by atoms with Crippen molar-refractivity contribution in [1.82, 2.24) is 5.32 Å². The third-order valence-electron chi connectivity index (χ3n) is 9.94. The van der Waals surface area contributed by atoms with Gasteiger partial charge in [-0.3, -0.25) is 0 Å². The summed E-state index contributed by atoms with van der Waals surface area (Å²) in [5.41, 5.74) is 2.94. The van der Waals surface area contributed by atoms with Gasteiger partial charge in [-0.1, -0.05) is 37.1 Å². The standard InChI is InChI=1S/C37H54N2O8S/c1-4-20-44-37-32(48-6-3)24-30(39-47-33-15-9-12-21-43-33)28-22-25(13-7-10-18-40)27(14-8-11-19-41)34(35(28)37)29-23-26(16-17-31(29)46-37)45-36(42)38-5-2/h4,16-17,22-23,25,27,32-35,40-41H,1,5-15,18-21,24H2,2-3H3,(H,38,42). The maximum Gasteiger partial charge on any atom is 0.412 e. The Morgan fingerprint density at radius 3 is 2.69 bits per heavy atom. The average molecular weight is 687 g/mol. The summed E-state index contributed by atoms with van der Waals surface area (Å²) >= 11 is 1.81. The number of rotatable bonds is 17. The van der Waals surface area contributed by atoms with Crippen LogP contribution in [0.15, 0.2) is 47.7 Å². The molecule has 2 aliphatic heterocycles. The summed E-state index contributed by atoms with van der Waals surface area (Å²) < 4.78 is 25.6. The van der Waals surface area contributed by atoms with Crippen LogP contribution in [0.25, 0.3) is 0 Å². The Morgan fingerprint density at radius 1 is 1.17 bits per heavy atom. The number of hydrogen-bond acceptors (Lipinski definition) is 10. The normalized spacial score (nSPS) is 30.0. The monoisotopic (exact) mass is 686 g/mol. The van der Waals surface area contributed by atoms with E-state index in [4.69, 9.17) is 28.9 Å². The zero-order valence-corrected chi connectivity index (χ0v) is 29.4. The van der Waals surface area contributed by atoms with Gasteiger partial charge in [0.15, 0.2) is 0 Å². The van der Waals surface area contributed by atoms with Crippen LogP contribution < -0.4 is 14.8 Å². The number of allylic oxidation sites excluding steroid dienone is 1. The quantitative estimate of drug-likeness (QED) is 0.0931. The fourth-order valence-electron chi connectivity index (χ4n) is 7.94. The average Bonchev–Trinajstić information content (AvgIpc) is 3.09. The molecule has 2 heterocycles. The van der Waals surface area contributed by atoms with Gasteiger partial charge in [-0.15, -0.1) is 6.58 Å². The van der Waals surface area contributed by atoms with Gasteiger partial charge < -0.3 is 39.3 Å². The first-order valence-electron chi connectivity index (χ1n) is 17.9. The number of carbonyl (C=O) groups excluding carboxylic acids is 1. The van der Waals surface area contributed by atoms with E-state index in [0.717, 1.165) is 79.7 Å². The van der Waals surface area contributed by atoms with Crippen molar-refractivity contribution in [2.45, 2.75) is 101 Å². The first-order chi connectivity index (χ1) is 23.5. The summed E-state index contributed by atoms with van der Waals surface area (Å²) in [6.07, 6.45) is 11.7. The molecule has 1 aromatic rings. The molecule has 11 heteroatoms. The van der Waals surface area contributed by atoms with Gasteiger partial charge in [-0.05, 0) is 86.8 Å². The number of aliphatic hydroxyl groups is 2. The highest BCUT2D eigenvalue weighted by Crippen LogP contribution is 2.62. The number of benzene rings is 1.